The first-order valence-corrected chi connectivity index (χ1v) is 8.10. The van der Waals surface area contributed by atoms with E-state index >= 15 is 0 Å². The van der Waals surface area contributed by atoms with Gasteiger partial charge < -0.3 is 14.8 Å². The van der Waals surface area contributed by atoms with Crippen LogP contribution in [0.4, 0.5) is 11.4 Å². The van der Waals surface area contributed by atoms with Gasteiger partial charge in [-0.25, -0.2) is 0 Å². The predicted octanol–water partition coefficient (Wildman–Crippen LogP) is 4.22. The van der Waals surface area contributed by atoms with E-state index in [0.29, 0.717) is 24.6 Å². The minimum absolute atomic E-state index is 0.0638. The average Bonchev–Trinajstić information content (AvgIpc) is 2.55. The number of halogens is 1. The highest BCUT2D eigenvalue weighted by Crippen LogP contribution is 2.34. The highest BCUT2D eigenvalue weighted by Gasteiger charge is 2.11. The van der Waals surface area contributed by atoms with Gasteiger partial charge in [0.15, 0.2) is 11.5 Å². The summed E-state index contributed by atoms with van der Waals surface area (Å²) in [4.78, 5) is 10.4. The van der Waals surface area contributed by atoms with Gasteiger partial charge in [-0.2, -0.15) is 0 Å². The van der Waals surface area contributed by atoms with Gasteiger partial charge in [0.2, 0.25) is 0 Å². The quantitative estimate of drug-likeness (QED) is 0.406. The van der Waals surface area contributed by atoms with E-state index in [4.69, 9.17) is 9.47 Å². The van der Waals surface area contributed by atoms with Crippen molar-refractivity contribution in [2.75, 3.05) is 19.0 Å². The van der Waals surface area contributed by atoms with Crippen LogP contribution < -0.4 is 14.8 Å². The van der Waals surface area contributed by atoms with Crippen LogP contribution in [0, 0.1) is 13.7 Å². The molecule has 23 heavy (non-hydrogen) atoms. The van der Waals surface area contributed by atoms with Crippen molar-refractivity contribution in [3.63, 3.8) is 0 Å². The molecule has 1 N–H and O–H groups in total. The lowest BCUT2D eigenvalue weighted by Crippen LogP contribution is -2.03. The zero-order valence-corrected chi connectivity index (χ0v) is 15.0. The lowest BCUT2D eigenvalue weighted by Gasteiger charge is -2.14. The SMILES string of the molecule is CCOc1c(I)cc(CNc2cccc([N+](=O)[O-])c2)cc1OC. The topological polar surface area (TPSA) is 73.6 Å². The Morgan fingerprint density at radius 3 is 2.74 bits per heavy atom. The van der Waals surface area contributed by atoms with Crippen LogP contribution in [0.1, 0.15) is 12.5 Å². The minimum atomic E-state index is -0.409. The summed E-state index contributed by atoms with van der Waals surface area (Å²) in [6, 6.07) is 10.3. The van der Waals surface area contributed by atoms with Crippen molar-refractivity contribution in [3.05, 3.63) is 55.6 Å². The van der Waals surface area contributed by atoms with Crippen molar-refractivity contribution in [2.24, 2.45) is 0 Å². The Labute approximate surface area is 148 Å². The van der Waals surface area contributed by atoms with Crippen LogP contribution in [0.15, 0.2) is 36.4 Å². The molecule has 0 heterocycles. The van der Waals surface area contributed by atoms with Crippen molar-refractivity contribution in [3.8, 4) is 11.5 Å². The third-order valence-corrected chi connectivity index (χ3v) is 3.93. The first-order chi connectivity index (χ1) is 11.0. The molecule has 0 saturated carbocycles. The molecule has 0 saturated heterocycles. The van der Waals surface area contributed by atoms with Crippen molar-refractivity contribution in [1.29, 1.82) is 0 Å². The maximum atomic E-state index is 10.8. The van der Waals surface area contributed by atoms with E-state index in [-0.39, 0.29) is 5.69 Å². The van der Waals surface area contributed by atoms with Crippen LogP contribution in [0.25, 0.3) is 0 Å². The van der Waals surface area contributed by atoms with Gasteiger partial charge in [-0.05, 0) is 53.3 Å². The molecule has 0 aliphatic carbocycles. The number of anilines is 1. The highest BCUT2D eigenvalue weighted by atomic mass is 127. The number of non-ortho nitro benzene ring substituents is 1. The number of nitrogens with zero attached hydrogens (tertiary/aromatic N) is 1. The molecule has 0 aromatic heterocycles. The molecular weight excluding hydrogens is 411 g/mol. The number of nitro groups is 1. The van der Waals surface area contributed by atoms with Gasteiger partial charge in [0.05, 0.1) is 22.2 Å². The molecule has 0 radical (unpaired) electrons. The first kappa shape index (κ1) is 17.3. The molecule has 0 atom stereocenters. The first-order valence-electron chi connectivity index (χ1n) is 7.02. The molecule has 2 aromatic carbocycles. The molecule has 0 aliphatic heterocycles. The molecule has 6 nitrogen and oxygen atoms in total. The largest absolute Gasteiger partial charge is 0.493 e. The van der Waals surface area contributed by atoms with E-state index in [1.165, 1.54) is 12.1 Å². The van der Waals surface area contributed by atoms with Crippen LogP contribution in [-0.2, 0) is 6.54 Å². The fourth-order valence-electron chi connectivity index (χ4n) is 2.09. The second-order valence-corrected chi connectivity index (χ2v) is 5.87. The van der Waals surface area contributed by atoms with E-state index in [1.54, 1.807) is 19.2 Å². The summed E-state index contributed by atoms with van der Waals surface area (Å²) in [5.74, 6) is 1.41. The zero-order chi connectivity index (χ0) is 16.8. The molecule has 0 bridgehead atoms. The van der Waals surface area contributed by atoms with Gasteiger partial charge >= 0.3 is 0 Å². The summed E-state index contributed by atoms with van der Waals surface area (Å²) in [5.41, 5.74) is 1.76. The van der Waals surface area contributed by atoms with Gasteiger partial charge in [-0.3, -0.25) is 10.1 Å². The zero-order valence-electron chi connectivity index (χ0n) is 12.8. The van der Waals surface area contributed by atoms with E-state index in [9.17, 15) is 10.1 Å². The van der Waals surface area contributed by atoms with Crippen molar-refractivity contribution < 1.29 is 14.4 Å². The van der Waals surface area contributed by atoms with E-state index in [0.717, 1.165) is 14.9 Å². The standard InChI is InChI=1S/C16H17IN2O4/c1-3-23-16-14(17)7-11(8-15(16)22-2)10-18-12-5-4-6-13(9-12)19(20)21/h4-9,18H,3,10H2,1-2H3. The van der Waals surface area contributed by atoms with Crippen molar-refractivity contribution >= 4 is 34.0 Å². The lowest BCUT2D eigenvalue weighted by molar-refractivity contribution is -0.384. The Kier molecular flexibility index (Phi) is 6.03. The maximum absolute atomic E-state index is 10.8. The lowest BCUT2D eigenvalue weighted by atomic mass is 10.2. The smallest absolute Gasteiger partial charge is 0.271 e. The molecule has 0 fully saturated rings. The van der Waals surface area contributed by atoms with Crippen molar-refractivity contribution in [2.45, 2.75) is 13.5 Å². The maximum Gasteiger partial charge on any atom is 0.271 e. The molecule has 0 aliphatic rings. The Bertz CT molecular complexity index is 706. The molecule has 0 unspecified atom stereocenters. The fourth-order valence-corrected chi connectivity index (χ4v) is 2.91. The highest BCUT2D eigenvalue weighted by molar-refractivity contribution is 14.1. The van der Waals surface area contributed by atoms with Gasteiger partial charge in [-0.15, -0.1) is 0 Å². The summed E-state index contributed by atoms with van der Waals surface area (Å²) < 4.78 is 11.9. The Morgan fingerprint density at radius 2 is 2.09 bits per heavy atom. The third kappa shape index (κ3) is 4.47. The molecule has 7 heteroatoms. The summed E-state index contributed by atoms with van der Waals surface area (Å²) in [5, 5.41) is 14.0. The summed E-state index contributed by atoms with van der Waals surface area (Å²) in [6.07, 6.45) is 0. The number of ether oxygens (including phenoxy) is 2. The number of rotatable bonds is 7. The van der Waals surface area contributed by atoms with Gasteiger partial charge in [0.25, 0.3) is 5.69 Å². The number of methoxy groups -OCH3 is 1. The number of hydrogen-bond acceptors (Lipinski definition) is 5. The summed E-state index contributed by atoms with van der Waals surface area (Å²) in [6.45, 7) is 3.02. The number of hydrogen-bond donors (Lipinski definition) is 1. The Balaban J connectivity index is 2.16. The molecule has 0 amide bonds. The van der Waals surface area contributed by atoms with Crippen LogP contribution >= 0.6 is 22.6 Å². The second-order valence-electron chi connectivity index (χ2n) is 4.70. The van der Waals surface area contributed by atoms with E-state index in [1.807, 2.05) is 19.1 Å². The predicted molar refractivity (Wildman–Crippen MR) is 97.3 cm³/mol. The molecular formula is C16H17IN2O4. The number of nitro benzene ring substituents is 1. The number of nitrogens with one attached hydrogen (secondary N) is 1. The van der Waals surface area contributed by atoms with Crippen molar-refractivity contribution in [1.82, 2.24) is 0 Å². The van der Waals surface area contributed by atoms with Crippen LogP contribution in [0.2, 0.25) is 0 Å². The summed E-state index contributed by atoms with van der Waals surface area (Å²) >= 11 is 2.20. The van der Waals surface area contributed by atoms with Gasteiger partial charge in [0.1, 0.15) is 0 Å². The van der Waals surface area contributed by atoms with E-state index in [2.05, 4.69) is 27.9 Å². The van der Waals surface area contributed by atoms with Gasteiger partial charge in [-0.1, -0.05) is 6.07 Å². The normalized spacial score (nSPS) is 10.2. The second kappa shape index (κ2) is 8.00. The van der Waals surface area contributed by atoms with Crippen LogP contribution in [0.5, 0.6) is 11.5 Å². The number of benzene rings is 2. The van der Waals surface area contributed by atoms with Crippen LogP contribution in [-0.4, -0.2) is 18.6 Å². The Hall–Kier alpha value is -2.03. The van der Waals surface area contributed by atoms with Gasteiger partial charge in [0, 0.05) is 24.4 Å². The monoisotopic (exact) mass is 428 g/mol. The minimum Gasteiger partial charge on any atom is -0.493 e. The average molecular weight is 428 g/mol. The van der Waals surface area contributed by atoms with E-state index < -0.39 is 4.92 Å². The summed E-state index contributed by atoms with van der Waals surface area (Å²) in [7, 11) is 1.60. The molecule has 2 aromatic rings. The molecule has 2 rings (SSSR count). The third-order valence-electron chi connectivity index (χ3n) is 3.13. The van der Waals surface area contributed by atoms with Crippen LogP contribution in [0.3, 0.4) is 0 Å². The molecule has 122 valence electrons. The molecule has 0 spiro atoms. The fraction of sp³-hybridized carbons (Fsp3) is 0.250. The Morgan fingerprint density at radius 1 is 1.30 bits per heavy atom.